The van der Waals surface area contributed by atoms with E-state index in [0.29, 0.717) is 12.1 Å². The first-order chi connectivity index (χ1) is 6.15. The molecule has 1 atom stereocenters. The second-order valence-electron chi connectivity index (χ2n) is 2.82. The largest absolute Gasteiger partial charge is 1.00 e. The molecule has 5 heteroatoms. The van der Waals surface area contributed by atoms with Gasteiger partial charge in [-0.2, -0.15) is 0 Å². The molecule has 14 heavy (non-hydrogen) atoms. The number of phenolic OH excluding ortho intramolecular Hbond substituents is 2. The van der Waals surface area contributed by atoms with E-state index in [1.807, 2.05) is 0 Å². The normalized spacial score (nSPS) is 11.9. The number of aliphatic hydroxyl groups excluding tert-OH is 1. The Morgan fingerprint density at radius 1 is 1.36 bits per heavy atom. The molecule has 1 aromatic rings. The second-order valence-corrected chi connectivity index (χ2v) is 2.82. The van der Waals surface area contributed by atoms with Gasteiger partial charge in [0.15, 0.2) is 11.5 Å². The molecule has 0 unspecified atom stereocenters. The third kappa shape index (κ3) is 3.86. The molecule has 0 aliphatic carbocycles. The summed E-state index contributed by atoms with van der Waals surface area (Å²) in [5.41, 5.74) is 0.574. The number of phenols is 2. The standard InChI is InChI=1S/C9H13NO3.K.H/c1-10-5-9(13)6-2-3-7(11)8(12)4-6;;/h2-4,9-13H,5H2,1H3;;/q;+1;-1/t9-;;/m0../s1. The van der Waals surface area contributed by atoms with Crippen LogP contribution in [0.25, 0.3) is 0 Å². The van der Waals surface area contributed by atoms with Gasteiger partial charge in [-0.1, -0.05) is 6.07 Å². The molecule has 0 aliphatic rings. The molecule has 0 radical (unpaired) electrons. The first kappa shape index (κ1) is 14.4. The Bertz CT molecular complexity index is 299. The number of hydrogen-bond acceptors (Lipinski definition) is 4. The molecular weight excluding hydrogens is 209 g/mol. The Morgan fingerprint density at radius 2 is 2.00 bits per heavy atom. The molecule has 0 aromatic heterocycles. The van der Waals surface area contributed by atoms with Crippen molar-refractivity contribution in [3.8, 4) is 11.5 Å². The van der Waals surface area contributed by atoms with Crippen molar-refractivity contribution in [1.82, 2.24) is 5.32 Å². The Labute approximate surface area is 127 Å². The zero-order valence-electron chi connectivity index (χ0n) is 9.36. The molecule has 0 saturated heterocycles. The number of rotatable bonds is 3. The number of aliphatic hydroxyl groups is 1. The maximum Gasteiger partial charge on any atom is 1.00 e. The Morgan fingerprint density at radius 3 is 2.50 bits per heavy atom. The smallest absolute Gasteiger partial charge is 1.00 e. The van der Waals surface area contributed by atoms with E-state index in [1.165, 1.54) is 12.1 Å². The van der Waals surface area contributed by atoms with Gasteiger partial charge in [0.1, 0.15) is 0 Å². The van der Waals surface area contributed by atoms with Gasteiger partial charge in [0.2, 0.25) is 0 Å². The quantitative estimate of drug-likeness (QED) is 0.337. The van der Waals surface area contributed by atoms with Gasteiger partial charge in [0.25, 0.3) is 0 Å². The van der Waals surface area contributed by atoms with Crippen molar-refractivity contribution >= 4 is 0 Å². The van der Waals surface area contributed by atoms with Crippen LogP contribution in [0.15, 0.2) is 18.2 Å². The Balaban J connectivity index is 0. The maximum atomic E-state index is 9.48. The van der Waals surface area contributed by atoms with Crippen LogP contribution in [0.2, 0.25) is 0 Å². The molecule has 1 rings (SSSR count). The minimum Gasteiger partial charge on any atom is -1.00 e. The minimum absolute atomic E-state index is 0. The predicted octanol–water partition coefficient (Wildman–Crippen LogP) is -2.53. The van der Waals surface area contributed by atoms with E-state index < -0.39 is 6.10 Å². The molecule has 0 fully saturated rings. The van der Waals surface area contributed by atoms with E-state index in [-0.39, 0.29) is 64.3 Å². The number of benzene rings is 1. The number of likely N-dealkylation sites (N-methyl/N-ethyl adjacent to an activating group) is 1. The predicted molar refractivity (Wildman–Crippen MR) is 49.8 cm³/mol. The van der Waals surface area contributed by atoms with E-state index in [1.54, 1.807) is 13.1 Å². The average Bonchev–Trinajstić information content (AvgIpc) is 2.10. The Hall–Kier alpha value is 0.376. The van der Waals surface area contributed by atoms with Crippen molar-refractivity contribution in [2.75, 3.05) is 13.6 Å². The van der Waals surface area contributed by atoms with Crippen molar-refractivity contribution in [3.63, 3.8) is 0 Å². The molecule has 0 aliphatic heterocycles. The molecule has 1 aromatic carbocycles. The molecular formula is C9H14KNO3. The molecule has 0 bridgehead atoms. The fraction of sp³-hybridized carbons (Fsp3) is 0.333. The third-order valence-corrected chi connectivity index (χ3v) is 1.78. The summed E-state index contributed by atoms with van der Waals surface area (Å²) >= 11 is 0. The van der Waals surface area contributed by atoms with Gasteiger partial charge < -0.3 is 22.1 Å². The number of aromatic hydroxyl groups is 2. The minimum atomic E-state index is -0.670. The molecule has 4 N–H and O–H groups in total. The molecule has 0 amide bonds. The maximum absolute atomic E-state index is 9.48. The van der Waals surface area contributed by atoms with Crippen LogP contribution < -0.4 is 56.7 Å². The van der Waals surface area contributed by atoms with Crippen LogP contribution in [-0.2, 0) is 0 Å². The summed E-state index contributed by atoms with van der Waals surface area (Å²) in [6.45, 7) is 0.407. The van der Waals surface area contributed by atoms with E-state index in [9.17, 15) is 5.11 Å². The monoisotopic (exact) mass is 223 g/mol. The van der Waals surface area contributed by atoms with Crippen LogP contribution in [0.5, 0.6) is 11.5 Å². The van der Waals surface area contributed by atoms with Gasteiger partial charge in [-0.05, 0) is 24.7 Å². The van der Waals surface area contributed by atoms with Gasteiger partial charge in [0, 0.05) is 6.54 Å². The topological polar surface area (TPSA) is 72.7 Å². The van der Waals surface area contributed by atoms with Crippen LogP contribution in [0.1, 0.15) is 13.1 Å². The second kappa shape index (κ2) is 6.79. The van der Waals surface area contributed by atoms with Crippen molar-refractivity contribution in [2.24, 2.45) is 0 Å². The molecule has 0 heterocycles. The van der Waals surface area contributed by atoms with Gasteiger partial charge >= 0.3 is 51.4 Å². The fourth-order valence-electron chi connectivity index (χ4n) is 1.06. The summed E-state index contributed by atoms with van der Waals surface area (Å²) in [7, 11) is 1.73. The third-order valence-electron chi connectivity index (χ3n) is 1.78. The molecule has 4 nitrogen and oxygen atoms in total. The van der Waals surface area contributed by atoms with Crippen LogP contribution in [0.4, 0.5) is 0 Å². The van der Waals surface area contributed by atoms with Gasteiger partial charge in [-0.25, -0.2) is 0 Å². The van der Waals surface area contributed by atoms with Crippen LogP contribution in [0.3, 0.4) is 0 Å². The summed E-state index contributed by atoms with van der Waals surface area (Å²) in [4.78, 5) is 0. The van der Waals surface area contributed by atoms with Gasteiger partial charge in [0.05, 0.1) is 6.10 Å². The average molecular weight is 223 g/mol. The summed E-state index contributed by atoms with van der Waals surface area (Å²) in [5, 5.41) is 30.4. The van der Waals surface area contributed by atoms with Crippen LogP contribution in [-0.4, -0.2) is 28.9 Å². The molecule has 0 saturated carbocycles. The van der Waals surface area contributed by atoms with Crippen molar-refractivity contribution in [3.05, 3.63) is 23.8 Å². The van der Waals surface area contributed by atoms with Crippen LogP contribution >= 0.6 is 0 Å². The van der Waals surface area contributed by atoms with Gasteiger partial charge in [-0.3, -0.25) is 0 Å². The summed E-state index contributed by atoms with van der Waals surface area (Å²) in [6.07, 6.45) is -0.670. The number of hydrogen-bond donors (Lipinski definition) is 4. The van der Waals surface area contributed by atoms with Crippen molar-refractivity contribution in [1.29, 1.82) is 0 Å². The zero-order valence-corrected chi connectivity index (χ0v) is 11.5. The number of nitrogens with one attached hydrogen (secondary N) is 1. The molecule has 0 spiro atoms. The SMILES string of the molecule is CNC[C@H](O)c1ccc(O)c(O)c1.[H-].[K+]. The van der Waals surface area contributed by atoms with E-state index >= 15 is 0 Å². The van der Waals surface area contributed by atoms with Gasteiger partial charge in [-0.15, -0.1) is 0 Å². The Kier molecular flexibility index (Phi) is 6.97. The summed E-state index contributed by atoms with van der Waals surface area (Å²) in [6, 6.07) is 4.26. The molecule has 74 valence electrons. The van der Waals surface area contributed by atoms with E-state index in [2.05, 4.69) is 5.32 Å². The van der Waals surface area contributed by atoms with Crippen molar-refractivity contribution < 1.29 is 68.1 Å². The van der Waals surface area contributed by atoms with E-state index in [4.69, 9.17) is 10.2 Å². The first-order valence-electron chi connectivity index (χ1n) is 3.99. The first-order valence-corrected chi connectivity index (χ1v) is 3.99. The van der Waals surface area contributed by atoms with E-state index in [0.717, 1.165) is 0 Å². The zero-order chi connectivity index (χ0) is 9.84. The van der Waals surface area contributed by atoms with Crippen LogP contribution in [0, 0.1) is 0 Å². The fourth-order valence-corrected chi connectivity index (χ4v) is 1.06. The summed E-state index contributed by atoms with van der Waals surface area (Å²) in [5.74, 6) is -0.395. The van der Waals surface area contributed by atoms with Crippen molar-refractivity contribution in [2.45, 2.75) is 6.10 Å². The summed E-state index contributed by atoms with van der Waals surface area (Å²) < 4.78 is 0.